The summed E-state index contributed by atoms with van der Waals surface area (Å²) in [6, 6.07) is 6.46. The molecule has 0 radical (unpaired) electrons. The lowest BCUT2D eigenvalue weighted by Crippen LogP contribution is -2.40. The highest BCUT2D eigenvalue weighted by atomic mass is 35.5. The smallest absolute Gasteiger partial charge is 0.401 e. The van der Waals surface area contributed by atoms with Gasteiger partial charge in [-0.05, 0) is 50.0 Å². The molecule has 1 aliphatic heterocycles. The number of alkyl halides is 3. The summed E-state index contributed by atoms with van der Waals surface area (Å²) in [6.07, 6.45) is -2.97. The molecule has 0 amide bonds. The van der Waals surface area contributed by atoms with Crippen molar-refractivity contribution in [3.05, 3.63) is 34.9 Å². The molecule has 0 aromatic heterocycles. The predicted molar refractivity (Wildman–Crippen MR) is 77.0 cm³/mol. The van der Waals surface area contributed by atoms with Gasteiger partial charge in [0.15, 0.2) is 0 Å². The number of hydrogen-bond donors (Lipinski definition) is 0. The number of benzene rings is 1. The van der Waals surface area contributed by atoms with E-state index < -0.39 is 18.7 Å². The molecule has 7 heteroatoms. The number of rotatable bonds is 4. The van der Waals surface area contributed by atoms with Gasteiger partial charge in [0.2, 0.25) is 0 Å². The maximum Gasteiger partial charge on any atom is 0.401 e. The summed E-state index contributed by atoms with van der Waals surface area (Å²) in [6.45, 7) is 0.102. The first-order valence-corrected chi connectivity index (χ1v) is 7.43. The minimum absolute atomic E-state index is 0.104. The van der Waals surface area contributed by atoms with Crippen LogP contribution in [0.5, 0.6) is 0 Å². The maximum atomic E-state index is 12.3. The van der Waals surface area contributed by atoms with Crippen LogP contribution in [0.2, 0.25) is 5.02 Å². The highest BCUT2D eigenvalue weighted by Gasteiger charge is 2.32. The standard InChI is InChI=1S/C15H17ClF3NO2/c16-13-3-1-2-12(8-13)14(21)22-9-11-4-6-20(7-5-11)10-15(17,18)19/h1-3,8,11H,4-7,9-10H2. The van der Waals surface area contributed by atoms with Crippen molar-refractivity contribution < 1.29 is 22.7 Å². The van der Waals surface area contributed by atoms with E-state index in [1.165, 1.54) is 11.0 Å². The van der Waals surface area contributed by atoms with Crippen molar-refractivity contribution in [1.82, 2.24) is 4.90 Å². The zero-order valence-corrected chi connectivity index (χ0v) is 12.7. The summed E-state index contributed by atoms with van der Waals surface area (Å²) in [5, 5.41) is 0.454. The molecule has 1 fully saturated rings. The predicted octanol–water partition coefficient (Wildman–Crippen LogP) is 3.77. The lowest BCUT2D eigenvalue weighted by atomic mass is 9.98. The van der Waals surface area contributed by atoms with E-state index in [1.807, 2.05) is 0 Å². The monoisotopic (exact) mass is 335 g/mol. The molecule has 0 atom stereocenters. The fourth-order valence-electron chi connectivity index (χ4n) is 2.46. The average molecular weight is 336 g/mol. The third-order valence-electron chi connectivity index (χ3n) is 3.62. The number of hydrogen-bond acceptors (Lipinski definition) is 3. The molecule has 1 aromatic carbocycles. The van der Waals surface area contributed by atoms with E-state index in [2.05, 4.69) is 0 Å². The molecular formula is C15H17ClF3NO2. The second-order valence-corrected chi connectivity index (χ2v) is 5.88. The van der Waals surface area contributed by atoms with Gasteiger partial charge < -0.3 is 4.74 Å². The van der Waals surface area contributed by atoms with Crippen molar-refractivity contribution in [2.75, 3.05) is 26.2 Å². The summed E-state index contributed by atoms with van der Waals surface area (Å²) < 4.78 is 42.1. The number of carbonyl (C=O) groups is 1. The number of esters is 1. The number of likely N-dealkylation sites (tertiary alicyclic amines) is 1. The molecule has 0 bridgehead atoms. The van der Waals surface area contributed by atoms with Crippen molar-refractivity contribution in [3.8, 4) is 0 Å². The normalized spacial score (nSPS) is 17.5. The van der Waals surface area contributed by atoms with Crippen molar-refractivity contribution in [2.24, 2.45) is 5.92 Å². The minimum Gasteiger partial charge on any atom is -0.462 e. The molecule has 122 valence electrons. The van der Waals surface area contributed by atoms with Crippen LogP contribution in [0.4, 0.5) is 13.2 Å². The van der Waals surface area contributed by atoms with Crippen molar-refractivity contribution >= 4 is 17.6 Å². The second-order valence-electron chi connectivity index (χ2n) is 5.44. The summed E-state index contributed by atoms with van der Waals surface area (Å²) in [4.78, 5) is 13.2. The van der Waals surface area contributed by atoms with Crippen LogP contribution >= 0.6 is 11.6 Å². The van der Waals surface area contributed by atoms with Crippen LogP contribution in [0.15, 0.2) is 24.3 Å². The van der Waals surface area contributed by atoms with Crippen LogP contribution < -0.4 is 0 Å². The molecule has 0 saturated carbocycles. The first-order chi connectivity index (χ1) is 10.3. The fourth-order valence-corrected chi connectivity index (χ4v) is 2.65. The first kappa shape index (κ1) is 17.1. The molecule has 1 aromatic rings. The van der Waals surface area contributed by atoms with Gasteiger partial charge in [-0.15, -0.1) is 0 Å². The Balaban J connectivity index is 1.74. The van der Waals surface area contributed by atoms with E-state index in [0.717, 1.165) is 0 Å². The highest BCUT2D eigenvalue weighted by Crippen LogP contribution is 2.23. The van der Waals surface area contributed by atoms with Gasteiger partial charge in [0.05, 0.1) is 18.7 Å². The number of piperidine rings is 1. The van der Waals surface area contributed by atoms with Crippen LogP contribution in [-0.4, -0.2) is 43.3 Å². The minimum atomic E-state index is -4.16. The van der Waals surface area contributed by atoms with Crippen molar-refractivity contribution in [1.29, 1.82) is 0 Å². The van der Waals surface area contributed by atoms with Crippen LogP contribution in [0.1, 0.15) is 23.2 Å². The Morgan fingerprint density at radius 3 is 2.59 bits per heavy atom. The third kappa shape index (κ3) is 5.50. The van der Waals surface area contributed by atoms with E-state index in [4.69, 9.17) is 16.3 Å². The Morgan fingerprint density at radius 2 is 2.00 bits per heavy atom. The molecule has 1 saturated heterocycles. The van der Waals surface area contributed by atoms with Crippen LogP contribution in [0.3, 0.4) is 0 Å². The summed E-state index contributed by atoms with van der Waals surface area (Å²) in [5.74, 6) is -0.354. The van der Waals surface area contributed by atoms with Gasteiger partial charge in [-0.3, -0.25) is 4.90 Å². The summed E-state index contributed by atoms with van der Waals surface area (Å²) in [7, 11) is 0. The van der Waals surface area contributed by atoms with E-state index in [0.29, 0.717) is 36.5 Å². The van der Waals surface area contributed by atoms with Crippen molar-refractivity contribution in [2.45, 2.75) is 19.0 Å². The van der Waals surface area contributed by atoms with Crippen LogP contribution in [0, 0.1) is 5.92 Å². The van der Waals surface area contributed by atoms with E-state index in [-0.39, 0.29) is 12.5 Å². The van der Waals surface area contributed by atoms with E-state index >= 15 is 0 Å². The quantitative estimate of drug-likeness (QED) is 0.784. The fraction of sp³-hybridized carbons (Fsp3) is 0.533. The summed E-state index contributed by atoms with van der Waals surface area (Å²) >= 11 is 5.80. The zero-order valence-electron chi connectivity index (χ0n) is 11.9. The molecule has 0 N–H and O–H groups in total. The highest BCUT2D eigenvalue weighted by molar-refractivity contribution is 6.30. The molecule has 1 aliphatic rings. The van der Waals surface area contributed by atoms with Gasteiger partial charge in [0, 0.05) is 5.02 Å². The van der Waals surface area contributed by atoms with E-state index in [9.17, 15) is 18.0 Å². The Hall–Kier alpha value is -1.27. The zero-order chi connectivity index (χ0) is 16.2. The number of ether oxygens (including phenoxy) is 1. The molecule has 2 rings (SSSR count). The lowest BCUT2D eigenvalue weighted by Gasteiger charge is -2.31. The maximum absolute atomic E-state index is 12.3. The van der Waals surface area contributed by atoms with Gasteiger partial charge in [0.1, 0.15) is 0 Å². The molecule has 0 spiro atoms. The van der Waals surface area contributed by atoms with E-state index in [1.54, 1.807) is 18.2 Å². The number of halogens is 4. The Labute approximate surface area is 132 Å². The average Bonchev–Trinajstić information content (AvgIpc) is 2.44. The SMILES string of the molecule is O=C(OCC1CCN(CC(F)(F)F)CC1)c1cccc(Cl)c1. The van der Waals surface area contributed by atoms with Gasteiger partial charge in [0.25, 0.3) is 0 Å². The summed E-state index contributed by atoms with van der Waals surface area (Å²) in [5.41, 5.74) is 0.377. The third-order valence-corrected chi connectivity index (χ3v) is 3.86. The largest absolute Gasteiger partial charge is 0.462 e. The molecule has 0 aliphatic carbocycles. The topological polar surface area (TPSA) is 29.5 Å². The Kier molecular flexibility index (Phi) is 5.69. The Morgan fingerprint density at radius 1 is 1.32 bits per heavy atom. The molecule has 3 nitrogen and oxygen atoms in total. The van der Waals surface area contributed by atoms with Crippen LogP contribution in [-0.2, 0) is 4.74 Å². The van der Waals surface area contributed by atoms with Gasteiger partial charge in [-0.1, -0.05) is 17.7 Å². The molecule has 0 unspecified atom stereocenters. The van der Waals surface area contributed by atoms with Crippen LogP contribution in [0.25, 0.3) is 0 Å². The van der Waals surface area contributed by atoms with Gasteiger partial charge >= 0.3 is 12.1 Å². The van der Waals surface area contributed by atoms with Gasteiger partial charge in [-0.2, -0.15) is 13.2 Å². The first-order valence-electron chi connectivity index (χ1n) is 7.05. The van der Waals surface area contributed by atoms with Crippen molar-refractivity contribution in [3.63, 3.8) is 0 Å². The number of nitrogens with zero attached hydrogens (tertiary/aromatic N) is 1. The second kappa shape index (κ2) is 7.33. The lowest BCUT2D eigenvalue weighted by molar-refractivity contribution is -0.148. The molecular weight excluding hydrogens is 319 g/mol. The molecule has 1 heterocycles. The van der Waals surface area contributed by atoms with Gasteiger partial charge in [-0.25, -0.2) is 4.79 Å². The Bertz CT molecular complexity index is 514. The number of carbonyl (C=O) groups excluding carboxylic acids is 1. The molecule has 22 heavy (non-hydrogen) atoms.